The molecule has 2 aromatic carbocycles. The molecule has 34 heavy (non-hydrogen) atoms. The third-order valence-electron chi connectivity index (χ3n) is 5.66. The Morgan fingerprint density at radius 2 is 1.65 bits per heavy atom. The Morgan fingerprint density at radius 1 is 0.941 bits per heavy atom. The minimum absolute atomic E-state index is 0.0773. The van der Waals surface area contributed by atoms with Crippen molar-refractivity contribution in [2.45, 2.75) is 22.8 Å². The SMILES string of the molecule is N=c1c(S(=O)(=O)c2ccc(F)cc2)cc2c(=O)n3ccccc3nc2n1CCc1ccccc1. The first kappa shape index (κ1) is 21.7. The fourth-order valence-corrected chi connectivity index (χ4v) is 5.30. The van der Waals surface area contributed by atoms with Crippen LogP contribution in [0.15, 0.2) is 99.6 Å². The number of nitrogens with one attached hydrogen (secondary N) is 1. The van der Waals surface area contributed by atoms with Crippen LogP contribution in [0, 0.1) is 11.2 Å². The van der Waals surface area contributed by atoms with Crippen molar-refractivity contribution >= 4 is 26.5 Å². The van der Waals surface area contributed by atoms with E-state index in [9.17, 15) is 17.6 Å². The molecule has 0 atom stereocenters. The van der Waals surface area contributed by atoms with Crippen LogP contribution >= 0.6 is 0 Å². The molecule has 0 unspecified atom stereocenters. The smallest absolute Gasteiger partial charge is 0.267 e. The molecule has 3 aromatic heterocycles. The van der Waals surface area contributed by atoms with E-state index in [1.807, 2.05) is 30.3 Å². The Morgan fingerprint density at radius 3 is 2.38 bits per heavy atom. The topological polar surface area (TPSA) is 97.3 Å². The second kappa shape index (κ2) is 8.35. The summed E-state index contributed by atoms with van der Waals surface area (Å²) >= 11 is 0. The van der Waals surface area contributed by atoms with Crippen LogP contribution < -0.4 is 11.0 Å². The molecule has 5 aromatic rings. The monoisotopic (exact) mass is 474 g/mol. The van der Waals surface area contributed by atoms with Crippen molar-refractivity contribution in [2.75, 3.05) is 0 Å². The number of aryl methyl sites for hydroxylation is 2. The lowest BCUT2D eigenvalue weighted by atomic mass is 10.1. The Labute approximate surface area is 193 Å². The van der Waals surface area contributed by atoms with Gasteiger partial charge in [0.15, 0.2) is 0 Å². The lowest BCUT2D eigenvalue weighted by Gasteiger charge is -2.15. The van der Waals surface area contributed by atoms with Crippen LogP contribution in [0.3, 0.4) is 0 Å². The van der Waals surface area contributed by atoms with E-state index in [1.165, 1.54) is 15.0 Å². The zero-order valence-electron chi connectivity index (χ0n) is 17.8. The summed E-state index contributed by atoms with van der Waals surface area (Å²) in [4.78, 5) is 17.4. The van der Waals surface area contributed by atoms with Crippen LogP contribution in [-0.4, -0.2) is 22.4 Å². The standard InChI is InChI=1S/C25H19FN4O3S/c26-18-9-11-19(12-10-18)34(32,33)21-16-20-24(28-22-8-4-5-14-29(22)25(20)31)30(23(21)27)15-13-17-6-2-1-3-7-17/h1-12,14,16,27H,13,15H2. The van der Waals surface area contributed by atoms with Gasteiger partial charge in [-0.05, 0) is 54.4 Å². The summed E-state index contributed by atoms with van der Waals surface area (Å²) in [5, 5.41) is 8.86. The Bertz CT molecular complexity index is 1760. The quantitative estimate of drug-likeness (QED) is 0.312. The van der Waals surface area contributed by atoms with Crippen molar-refractivity contribution in [2.24, 2.45) is 0 Å². The van der Waals surface area contributed by atoms with Crippen LogP contribution in [0.1, 0.15) is 5.56 Å². The zero-order chi connectivity index (χ0) is 23.9. The van der Waals surface area contributed by atoms with Gasteiger partial charge in [-0.1, -0.05) is 36.4 Å². The van der Waals surface area contributed by atoms with Gasteiger partial charge in [0.05, 0.1) is 10.3 Å². The molecule has 0 radical (unpaired) electrons. The summed E-state index contributed by atoms with van der Waals surface area (Å²) in [5.41, 5.74) is 0.883. The number of pyridine rings is 2. The van der Waals surface area contributed by atoms with Crippen molar-refractivity contribution in [3.8, 4) is 0 Å². The lowest BCUT2D eigenvalue weighted by molar-refractivity contribution is 0.587. The highest BCUT2D eigenvalue weighted by atomic mass is 32.2. The summed E-state index contributed by atoms with van der Waals surface area (Å²) in [7, 11) is -4.20. The normalized spacial score (nSPS) is 11.8. The molecular formula is C25H19FN4O3S. The third kappa shape index (κ3) is 3.69. The number of fused-ring (bicyclic) bond motifs is 2. The van der Waals surface area contributed by atoms with Crippen molar-refractivity contribution < 1.29 is 12.8 Å². The Balaban J connectivity index is 1.79. The molecule has 0 amide bonds. The molecule has 0 aliphatic carbocycles. The predicted molar refractivity (Wildman–Crippen MR) is 125 cm³/mol. The van der Waals surface area contributed by atoms with Gasteiger partial charge in [-0.15, -0.1) is 0 Å². The number of sulfone groups is 1. The number of hydrogen-bond donors (Lipinski definition) is 1. The largest absolute Gasteiger partial charge is 0.309 e. The molecule has 3 heterocycles. The minimum Gasteiger partial charge on any atom is -0.309 e. The van der Waals surface area contributed by atoms with E-state index in [0.717, 1.165) is 29.8 Å². The molecule has 5 rings (SSSR count). The summed E-state index contributed by atoms with van der Waals surface area (Å²) in [6, 6.07) is 20.2. The van der Waals surface area contributed by atoms with Gasteiger partial charge in [0.25, 0.3) is 5.56 Å². The van der Waals surface area contributed by atoms with Crippen LogP contribution in [0.4, 0.5) is 4.39 Å². The van der Waals surface area contributed by atoms with Gasteiger partial charge in [-0.2, -0.15) is 0 Å². The molecule has 0 saturated carbocycles. The molecule has 1 N–H and O–H groups in total. The number of aromatic nitrogens is 3. The van der Waals surface area contributed by atoms with E-state index in [4.69, 9.17) is 5.41 Å². The maximum Gasteiger partial charge on any atom is 0.267 e. The first-order valence-corrected chi connectivity index (χ1v) is 12.0. The van der Waals surface area contributed by atoms with E-state index in [0.29, 0.717) is 12.1 Å². The van der Waals surface area contributed by atoms with Crippen LogP contribution in [-0.2, 0) is 22.8 Å². The van der Waals surface area contributed by atoms with E-state index in [-0.39, 0.29) is 32.9 Å². The summed E-state index contributed by atoms with van der Waals surface area (Å²) in [6.07, 6.45) is 2.06. The van der Waals surface area contributed by atoms with E-state index in [1.54, 1.807) is 24.4 Å². The molecular weight excluding hydrogens is 455 g/mol. The number of benzene rings is 2. The van der Waals surface area contributed by atoms with Crippen molar-refractivity contribution in [1.29, 1.82) is 5.41 Å². The molecule has 0 spiro atoms. The molecule has 9 heteroatoms. The molecule has 0 saturated heterocycles. The predicted octanol–water partition coefficient (Wildman–Crippen LogP) is 3.34. The van der Waals surface area contributed by atoms with E-state index < -0.39 is 21.2 Å². The Hall–Kier alpha value is -4.11. The average Bonchev–Trinajstić information content (AvgIpc) is 2.84. The number of halogens is 1. The fraction of sp³-hybridized carbons (Fsp3) is 0.0800. The van der Waals surface area contributed by atoms with Crippen LogP contribution in [0.2, 0.25) is 0 Å². The van der Waals surface area contributed by atoms with Gasteiger partial charge < -0.3 is 4.57 Å². The molecule has 7 nitrogen and oxygen atoms in total. The van der Waals surface area contributed by atoms with Gasteiger partial charge >= 0.3 is 0 Å². The van der Waals surface area contributed by atoms with Crippen LogP contribution in [0.5, 0.6) is 0 Å². The highest BCUT2D eigenvalue weighted by Gasteiger charge is 2.24. The van der Waals surface area contributed by atoms with E-state index in [2.05, 4.69) is 4.98 Å². The third-order valence-corrected chi connectivity index (χ3v) is 7.45. The summed E-state index contributed by atoms with van der Waals surface area (Å²) < 4.78 is 43.0. The summed E-state index contributed by atoms with van der Waals surface area (Å²) in [5.74, 6) is -0.574. The molecule has 0 aliphatic heterocycles. The minimum atomic E-state index is -4.20. The van der Waals surface area contributed by atoms with E-state index >= 15 is 0 Å². The average molecular weight is 475 g/mol. The van der Waals surface area contributed by atoms with Crippen molar-refractivity contribution in [3.05, 3.63) is 112 Å². The number of rotatable bonds is 5. The first-order valence-electron chi connectivity index (χ1n) is 10.5. The van der Waals surface area contributed by atoms with Gasteiger partial charge in [-0.25, -0.2) is 17.8 Å². The highest BCUT2D eigenvalue weighted by Crippen LogP contribution is 2.21. The van der Waals surface area contributed by atoms with Crippen LogP contribution in [0.25, 0.3) is 16.7 Å². The Kier molecular flexibility index (Phi) is 5.33. The molecule has 170 valence electrons. The van der Waals surface area contributed by atoms with Crippen molar-refractivity contribution in [3.63, 3.8) is 0 Å². The second-order valence-corrected chi connectivity index (χ2v) is 9.70. The lowest BCUT2D eigenvalue weighted by Crippen LogP contribution is -2.30. The van der Waals surface area contributed by atoms with Gasteiger partial charge in [0.2, 0.25) is 9.84 Å². The fourth-order valence-electron chi connectivity index (χ4n) is 3.91. The number of nitrogens with zero attached hydrogens (tertiary/aromatic N) is 3. The first-order chi connectivity index (χ1) is 16.4. The number of hydrogen-bond acceptors (Lipinski definition) is 5. The van der Waals surface area contributed by atoms with Gasteiger partial charge in [0, 0.05) is 12.7 Å². The highest BCUT2D eigenvalue weighted by molar-refractivity contribution is 7.91. The second-order valence-electron chi connectivity index (χ2n) is 7.78. The zero-order valence-corrected chi connectivity index (χ0v) is 18.7. The van der Waals surface area contributed by atoms with Gasteiger partial charge in [-0.3, -0.25) is 14.6 Å². The summed E-state index contributed by atoms with van der Waals surface area (Å²) in [6.45, 7) is 0.238. The molecule has 0 fully saturated rings. The van der Waals surface area contributed by atoms with Crippen molar-refractivity contribution in [1.82, 2.24) is 14.0 Å². The maximum atomic E-state index is 13.4. The van der Waals surface area contributed by atoms with Gasteiger partial charge in [0.1, 0.15) is 27.5 Å². The maximum absolute atomic E-state index is 13.4. The molecule has 0 bridgehead atoms. The molecule has 0 aliphatic rings.